The van der Waals surface area contributed by atoms with Crippen molar-refractivity contribution in [2.45, 2.75) is 76.4 Å². The third-order valence-electron chi connectivity index (χ3n) is 4.95. The first-order valence-electron chi connectivity index (χ1n) is 8.69. The summed E-state index contributed by atoms with van der Waals surface area (Å²) in [4.78, 5) is 26.6. The van der Waals surface area contributed by atoms with Gasteiger partial charge in [-0.05, 0) is 46.1 Å². The highest BCUT2D eigenvalue weighted by molar-refractivity contribution is 7.10. The third kappa shape index (κ3) is 3.58. The number of carbonyl (C=O) groups excluding carboxylic acids is 1. The molecule has 2 aliphatic carbocycles. The van der Waals surface area contributed by atoms with Crippen LogP contribution >= 0.6 is 11.3 Å². The second-order valence-electron chi connectivity index (χ2n) is 7.93. The van der Waals surface area contributed by atoms with Gasteiger partial charge in [-0.15, -0.1) is 11.3 Å². The summed E-state index contributed by atoms with van der Waals surface area (Å²) in [6, 6.07) is 2.28. The zero-order valence-corrected chi connectivity index (χ0v) is 15.4. The SMILES string of the molecule is CC(C)(C)N(C(=O)O)[C@@H]1C[C@H]1c1cc(C(=O)NC2CCCC2)cs1. The Morgan fingerprint density at radius 2 is 1.96 bits per heavy atom. The monoisotopic (exact) mass is 350 g/mol. The normalized spacial score (nSPS) is 24.0. The van der Waals surface area contributed by atoms with Crippen LogP contribution in [-0.4, -0.2) is 39.6 Å². The molecule has 6 heteroatoms. The van der Waals surface area contributed by atoms with Crippen molar-refractivity contribution in [2.75, 3.05) is 0 Å². The predicted molar refractivity (Wildman–Crippen MR) is 94.8 cm³/mol. The number of carbonyl (C=O) groups is 2. The van der Waals surface area contributed by atoms with Crippen molar-refractivity contribution in [3.8, 4) is 0 Å². The highest BCUT2D eigenvalue weighted by Gasteiger charge is 2.49. The van der Waals surface area contributed by atoms with Gasteiger partial charge in [-0.2, -0.15) is 0 Å². The first-order valence-corrected chi connectivity index (χ1v) is 9.57. The van der Waals surface area contributed by atoms with Crippen LogP contribution in [0.4, 0.5) is 4.79 Å². The second-order valence-corrected chi connectivity index (χ2v) is 8.87. The van der Waals surface area contributed by atoms with Gasteiger partial charge >= 0.3 is 6.09 Å². The van der Waals surface area contributed by atoms with Gasteiger partial charge in [0, 0.05) is 33.8 Å². The molecule has 2 fully saturated rings. The predicted octanol–water partition coefficient (Wildman–Crippen LogP) is 4.05. The van der Waals surface area contributed by atoms with E-state index in [0.29, 0.717) is 11.6 Å². The number of rotatable bonds is 4. The molecule has 1 heterocycles. The molecule has 2 aliphatic rings. The fourth-order valence-corrected chi connectivity index (χ4v) is 4.77. The van der Waals surface area contributed by atoms with Crippen LogP contribution in [0.3, 0.4) is 0 Å². The second kappa shape index (κ2) is 6.39. The number of thiophene rings is 1. The van der Waals surface area contributed by atoms with Crippen molar-refractivity contribution < 1.29 is 14.7 Å². The molecular formula is C18H26N2O3S. The maximum absolute atomic E-state index is 12.3. The van der Waals surface area contributed by atoms with Crippen molar-refractivity contribution >= 4 is 23.3 Å². The van der Waals surface area contributed by atoms with Crippen LogP contribution in [0.25, 0.3) is 0 Å². The van der Waals surface area contributed by atoms with Gasteiger partial charge < -0.3 is 10.4 Å². The summed E-state index contributed by atoms with van der Waals surface area (Å²) in [6.07, 6.45) is 4.52. The number of hydrogen-bond acceptors (Lipinski definition) is 3. The Hall–Kier alpha value is -1.56. The lowest BCUT2D eigenvalue weighted by atomic mass is 10.1. The van der Waals surface area contributed by atoms with Gasteiger partial charge in [0.1, 0.15) is 0 Å². The van der Waals surface area contributed by atoms with Gasteiger partial charge in [0.05, 0.1) is 5.56 Å². The van der Waals surface area contributed by atoms with Gasteiger partial charge in [0.15, 0.2) is 0 Å². The summed E-state index contributed by atoms with van der Waals surface area (Å²) in [5.41, 5.74) is 0.302. The summed E-state index contributed by atoms with van der Waals surface area (Å²) in [5, 5.41) is 14.5. The van der Waals surface area contributed by atoms with Gasteiger partial charge in [-0.1, -0.05) is 12.8 Å². The number of nitrogens with one attached hydrogen (secondary N) is 1. The fourth-order valence-electron chi connectivity index (χ4n) is 3.70. The molecule has 0 aliphatic heterocycles. The van der Waals surface area contributed by atoms with Crippen LogP contribution in [-0.2, 0) is 0 Å². The lowest BCUT2D eigenvalue weighted by Crippen LogP contribution is -2.46. The summed E-state index contributed by atoms with van der Waals surface area (Å²) in [7, 11) is 0. The Morgan fingerprint density at radius 1 is 1.29 bits per heavy atom. The smallest absolute Gasteiger partial charge is 0.408 e. The van der Waals surface area contributed by atoms with E-state index in [-0.39, 0.29) is 17.9 Å². The third-order valence-corrected chi connectivity index (χ3v) is 6.02. The molecule has 2 amide bonds. The van der Waals surface area contributed by atoms with Gasteiger partial charge in [0.25, 0.3) is 5.91 Å². The minimum Gasteiger partial charge on any atom is -0.465 e. The summed E-state index contributed by atoms with van der Waals surface area (Å²) >= 11 is 1.57. The van der Waals surface area contributed by atoms with E-state index < -0.39 is 11.6 Å². The van der Waals surface area contributed by atoms with E-state index in [4.69, 9.17) is 0 Å². The van der Waals surface area contributed by atoms with Crippen LogP contribution in [0, 0.1) is 0 Å². The topological polar surface area (TPSA) is 69.6 Å². The van der Waals surface area contributed by atoms with Gasteiger partial charge in [-0.3, -0.25) is 9.69 Å². The van der Waals surface area contributed by atoms with Crippen LogP contribution < -0.4 is 5.32 Å². The van der Waals surface area contributed by atoms with Crippen LogP contribution in [0.1, 0.15) is 74.0 Å². The molecule has 132 valence electrons. The quantitative estimate of drug-likeness (QED) is 0.860. The summed E-state index contributed by atoms with van der Waals surface area (Å²) in [5.74, 6) is 0.228. The molecule has 0 unspecified atom stereocenters. The molecule has 0 radical (unpaired) electrons. The Bertz CT molecular complexity index is 628. The van der Waals surface area contributed by atoms with Crippen LogP contribution in [0.15, 0.2) is 11.4 Å². The minimum absolute atomic E-state index is 0.00696. The van der Waals surface area contributed by atoms with E-state index in [0.717, 1.165) is 24.1 Å². The standard InChI is InChI=1S/C18H26N2O3S/c1-18(2,3)20(17(22)23)14-9-13(14)15-8-11(10-24-15)16(21)19-12-6-4-5-7-12/h8,10,12-14H,4-7,9H2,1-3H3,(H,19,21)(H,22,23)/t13-,14-/m1/s1. The summed E-state index contributed by atoms with van der Waals surface area (Å²) < 4.78 is 0. The van der Waals surface area contributed by atoms with E-state index in [1.807, 2.05) is 32.2 Å². The number of hydrogen-bond donors (Lipinski definition) is 2. The fraction of sp³-hybridized carbons (Fsp3) is 0.667. The number of carboxylic acid groups (broad SMARTS) is 1. The molecule has 0 bridgehead atoms. The van der Waals surface area contributed by atoms with E-state index in [1.54, 1.807) is 16.2 Å². The lowest BCUT2D eigenvalue weighted by Gasteiger charge is -2.33. The van der Waals surface area contributed by atoms with E-state index >= 15 is 0 Å². The van der Waals surface area contributed by atoms with Crippen molar-refractivity contribution in [1.82, 2.24) is 10.2 Å². The van der Waals surface area contributed by atoms with E-state index in [1.165, 1.54) is 12.8 Å². The average Bonchev–Trinajstić information content (AvgIpc) is 2.92. The zero-order valence-electron chi connectivity index (χ0n) is 14.5. The Labute approximate surface area is 147 Å². The molecule has 3 rings (SSSR count). The van der Waals surface area contributed by atoms with Crippen molar-refractivity contribution in [2.24, 2.45) is 0 Å². The molecule has 2 saturated carbocycles. The van der Waals surface area contributed by atoms with E-state index in [9.17, 15) is 14.7 Å². The molecule has 0 aromatic carbocycles. The minimum atomic E-state index is -0.870. The Kier molecular flexibility index (Phi) is 4.60. The molecule has 5 nitrogen and oxygen atoms in total. The largest absolute Gasteiger partial charge is 0.465 e. The maximum Gasteiger partial charge on any atom is 0.408 e. The zero-order chi connectivity index (χ0) is 17.5. The average molecular weight is 350 g/mol. The van der Waals surface area contributed by atoms with E-state index in [2.05, 4.69) is 5.32 Å². The van der Waals surface area contributed by atoms with Gasteiger partial charge in [-0.25, -0.2) is 4.79 Å². The van der Waals surface area contributed by atoms with Crippen LogP contribution in [0.2, 0.25) is 0 Å². The molecule has 0 spiro atoms. The van der Waals surface area contributed by atoms with Crippen molar-refractivity contribution in [3.05, 3.63) is 21.9 Å². The maximum atomic E-state index is 12.3. The van der Waals surface area contributed by atoms with Crippen molar-refractivity contribution in [1.29, 1.82) is 0 Å². The number of amides is 2. The highest BCUT2D eigenvalue weighted by Crippen LogP contribution is 2.49. The molecule has 2 atom stereocenters. The summed E-state index contributed by atoms with van der Waals surface area (Å²) in [6.45, 7) is 5.77. The number of nitrogens with zero attached hydrogens (tertiary/aromatic N) is 1. The Morgan fingerprint density at radius 3 is 2.54 bits per heavy atom. The molecule has 1 aromatic heterocycles. The first kappa shape index (κ1) is 17.3. The lowest BCUT2D eigenvalue weighted by molar-refractivity contribution is 0.0926. The van der Waals surface area contributed by atoms with Crippen molar-refractivity contribution in [3.63, 3.8) is 0 Å². The molecule has 0 saturated heterocycles. The Balaban J connectivity index is 1.64. The molecule has 1 aromatic rings. The molecular weight excluding hydrogens is 324 g/mol. The molecule has 24 heavy (non-hydrogen) atoms. The highest BCUT2D eigenvalue weighted by atomic mass is 32.1. The first-order chi connectivity index (χ1) is 11.3. The van der Waals surface area contributed by atoms with Crippen LogP contribution in [0.5, 0.6) is 0 Å². The molecule has 2 N–H and O–H groups in total. The van der Waals surface area contributed by atoms with Gasteiger partial charge in [0.2, 0.25) is 0 Å².